The predicted octanol–water partition coefficient (Wildman–Crippen LogP) is 3.23. The molecule has 2 heterocycles. The minimum Gasteiger partial charge on any atom is -0.356 e. The first-order valence-electron chi connectivity index (χ1n) is 5.95. The lowest BCUT2D eigenvalue weighted by molar-refractivity contribution is 0.541. The van der Waals surface area contributed by atoms with Gasteiger partial charge in [-0.2, -0.15) is 0 Å². The lowest BCUT2D eigenvalue weighted by Gasteiger charge is -2.11. The van der Waals surface area contributed by atoms with E-state index in [0.717, 1.165) is 21.6 Å². The van der Waals surface area contributed by atoms with Crippen molar-refractivity contribution in [1.82, 2.24) is 10.3 Å². The maximum atomic E-state index is 4.71. The number of thioether (sulfide) groups is 1. The van der Waals surface area contributed by atoms with Crippen LogP contribution in [0.25, 0.3) is 0 Å². The van der Waals surface area contributed by atoms with E-state index in [0.29, 0.717) is 12.0 Å². The Bertz CT molecular complexity index is 412. The van der Waals surface area contributed by atoms with Crippen LogP contribution in [0.5, 0.6) is 0 Å². The molecule has 1 aliphatic heterocycles. The number of rotatable bonds is 3. The zero-order valence-corrected chi connectivity index (χ0v) is 12.4. The topological polar surface area (TPSA) is 37.3 Å². The fourth-order valence-electron chi connectivity index (χ4n) is 1.63. The summed E-state index contributed by atoms with van der Waals surface area (Å²) in [6.07, 6.45) is 0. The van der Waals surface area contributed by atoms with E-state index in [1.165, 1.54) is 0 Å². The highest BCUT2D eigenvalue weighted by molar-refractivity contribution is 8.14. The third-order valence-electron chi connectivity index (χ3n) is 2.79. The second-order valence-electron chi connectivity index (χ2n) is 4.75. The standard InChI is InChI=1S/C12H19N3S2/c1-7(2)10-6-17-12(15-10)14-9(4)11-13-8(3)5-16-11/h5,7,9-10H,6H2,1-4H3,(H,14,15). The molecule has 1 aromatic heterocycles. The van der Waals surface area contributed by atoms with Gasteiger partial charge in [-0.05, 0) is 19.8 Å². The third kappa shape index (κ3) is 3.22. The van der Waals surface area contributed by atoms with Gasteiger partial charge in [-0.25, -0.2) is 4.98 Å². The van der Waals surface area contributed by atoms with Crippen molar-refractivity contribution in [3.8, 4) is 0 Å². The van der Waals surface area contributed by atoms with Gasteiger partial charge in [-0.1, -0.05) is 25.6 Å². The zero-order chi connectivity index (χ0) is 12.4. The number of aromatic nitrogens is 1. The number of nitrogens with zero attached hydrogens (tertiary/aromatic N) is 2. The number of nitrogens with one attached hydrogen (secondary N) is 1. The molecule has 17 heavy (non-hydrogen) atoms. The molecule has 2 rings (SSSR count). The highest BCUT2D eigenvalue weighted by Crippen LogP contribution is 2.25. The van der Waals surface area contributed by atoms with Gasteiger partial charge in [0.05, 0.1) is 12.1 Å². The molecule has 2 atom stereocenters. The summed E-state index contributed by atoms with van der Waals surface area (Å²) in [6.45, 7) is 8.63. The number of amidine groups is 1. The zero-order valence-electron chi connectivity index (χ0n) is 10.7. The van der Waals surface area contributed by atoms with Gasteiger partial charge in [0, 0.05) is 16.8 Å². The summed E-state index contributed by atoms with van der Waals surface area (Å²) < 4.78 is 0. The van der Waals surface area contributed by atoms with Gasteiger partial charge in [0.1, 0.15) is 5.01 Å². The van der Waals surface area contributed by atoms with E-state index in [2.05, 4.69) is 36.5 Å². The highest BCUT2D eigenvalue weighted by atomic mass is 32.2. The molecule has 3 nitrogen and oxygen atoms in total. The Kier molecular flexibility index (Phi) is 4.09. The van der Waals surface area contributed by atoms with Crippen molar-refractivity contribution in [3.63, 3.8) is 0 Å². The molecule has 0 aromatic carbocycles. The minimum absolute atomic E-state index is 0.255. The molecule has 94 valence electrons. The van der Waals surface area contributed by atoms with Gasteiger partial charge in [-0.15, -0.1) is 11.3 Å². The Morgan fingerprint density at radius 1 is 1.41 bits per heavy atom. The van der Waals surface area contributed by atoms with Crippen molar-refractivity contribution in [1.29, 1.82) is 0 Å². The first-order valence-corrected chi connectivity index (χ1v) is 7.82. The average molecular weight is 269 g/mol. The van der Waals surface area contributed by atoms with Crippen LogP contribution < -0.4 is 5.32 Å². The summed E-state index contributed by atoms with van der Waals surface area (Å²) in [5.74, 6) is 1.73. The molecule has 0 saturated carbocycles. The van der Waals surface area contributed by atoms with Gasteiger partial charge >= 0.3 is 0 Å². The van der Waals surface area contributed by atoms with Crippen LogP contribution in [0, 0.1) is 12.8 Å². The fraction of sp³-hybridized carbons (Fsp3) is 0.667. The minimum atomic E-state index is 0.255. The number of hydrogen-bond acceptors (Lipinski definition) is 5. The van der Waals surface area contributed by atoms with E-state index < -0.39 is 0 Å². The first-order chi connectivity index (χ1) is 8.06. The summed E-state index contributed by atoms with van der Waals surface area (Å²) in [7, 11) is 0. The molecule has 1 N–H and O–H groups in total. The molecule has 1 aromatic rings. The van der Waals surface area contributed by atoms with E-state index in [4.69, 9.17) is 4.99 Å². The van der Waals surface area contributed by atoms with Crippen molar-refractivity contribution in [3.05, 3.63) is 16.1 Å². The summed E-state index contributed by atoms with van der Waals surface area (Å²) in [5, 5.41) is 7.76. The van der Waals surface area contributed by atoms with Crippen molar-refractivity contribution < 1.29 is 0 Å². The van der Waals surface area contributed by atoms with Crippen LogP contribution >= 0.6 is 23.1 Å². The predicted molar refractivity (Wildman–Crippen MR) is 76.9 cm³/mol. The largest absolute Gasteiger partial charge is 0.356 e. The molecule has 0 fully saturated rings. The quantitative estimate of drug-likeness (QED) is 0.915. The highest BCUT2D eigenvalue weighted by Gasteiger charge is 2.22. The number of aliphatic imine (C=N–C) groups is 1. The second-order valence-corrected chi connectivity index (χ2v) is 6.65. The van der Waals surface area contributed by atoms with Crippen LogP contribution in [0.15, 0.2) is 10.4 Å². The van der Waals surface area contributed by atoms with Crippen molar-refractivity contribution in [2.24, 2.45) is 10.9 Å². The summed E-state index contributed by atoms with van der Waals surface area (Å²) >= 11 is 3.53. The van der Waals surface area contributed by atoms with E-state index in [1.54, 1.807) is 11.3 Å². The van der Waals surface area contributed by atoms with E-state index in [1.807, 2.05) is 18.7 Å². The van der Waals surface area contributed by atoms with Crippen molar-refractivity contribution >= 4 is 28.3 Å². The molecule has 1 aliphatic rings. The van der Waals surface area contributed by atoms with Crippen LogP contribution in [0.4, 0.5) is 0 Å². The third-order valence-corrected chi connectivity index (χ3v) is 4.94. The summed E-state index contributed by atoms with van der Waals surface area (Å²) in [6, 6.07) is 0.721. The molecular formula is C12H19N3S2. The molecule has 0 spiro atoms. The monoisotopic (exact) mass is 269 g/mol. The molecule has 0 amide bonds. The van der Waals surface area contributed by atoms with Gasteiger partial charge in [0.15, 0.2) is 5.17 Å². The number of aryl methyl sites for hydroxylation is 1. The van der Waals surface area contributed by atoms with Crippen molar-refractivity contribution in [2.75, 3.05) is 5.75 Å². The Morgan fingerprint density at radius 3 is 2.71 bits per heavy atom. The number of hydrogen-bond donors (Lipinski definition) is 1. The van der Waals surface area contributed by atoms with Gasteiger partial charge in [-0.3, -0.25) is 4.99 Å². The molecule has 5 heteroatoms. The molecule has 0 aliphatic carbocycles. The maximum absolute atomic E-state index is 4.71. The molecular weight excluding hydrogens is 250 g/mol. The Labute approximate surface area is 111 Å². The Morgan fingerprint density at radius 2 is 2.18 bits per heavy atom. The fourth-order valence-corrected chi connectivity index (χ4v) is 3.69. The van der Waals surface area contributed by atoms with Gasteiger partial charge in [0.25, 0.3) is 0 Å². The second kappa shape index (κ2) is 5.40. The van der Waals surface area contributed by atoms with E-state index in [-0.39, 0.29) is 6.04 Å². The summed E-state index contributed by atoms with van der Waals surface area (Å²) in [4.78, 5) is 9.20. The molecule has 0 saturated heterocycles. The van der Waals surface area contributed by atoms with Crippen LogP contribution in [0.3, 0.4) is 0 Å². The maximum Gasteiger partial charge on any atom is 0.157 e. The number of thiazole rings is 1. The van der Waals surface area contributed by atoms with Crippen LogP contribution in [-0.2, 0) is 0 Å². The smallest absolute Gasteiger partial charge is 0.157 e. The molecule has 2 unspecified atom stereocenters. The van der Waals surface area contributed by atoms with Crippen LogP contribution in [0.1, 0.15) is 37.5 Å². The Hall–Kier alpha value is -0.550. The van der Waals surface area contributed by atoms with Gasteiger partial charge in [0.2, 0.25) is 0 Å². The lowest BCUT2D eigenvalue weighted by Crippen LogP contribution is -2.23. The normalized spacial score (nSPS) is 21.7. The van der Waals surface area contributed by atoms with Crippen LogP contribution in [0.2, 0.25) is 0 Å². The SMILES string of the molecule is Cc1csc(C(C)NC2=NC(C(C)C)CS2)n1. The first kappa shape index (κ1) is 12.9. The lowest BCUT2D eigenvalue weighted by atomic mass is 10.1. The van der Waals surface area contributed by atoms with E-state index >= 15 is 0 Å². The van der Waals surface area contributed by atoms with Crippen LogP contribution in [-0.4, -0.2) is 21.9 Å². The summed E-state index contributed by atoms with van der Waals surface area (Å²) in [5.41, 5.74) is 1.10. The van der Waals surface area contributed by atoms with E-state index in [9.17, 15) is 0 Å². The van der Waals surface area contributed by atoms with Crippen molar-refractivity contribution in [2.45, 2.75) is 39.8 Å². The Balaban J connectivity index is 1.96. The van der Waals surface area contributed by atoms with Gasteiger partial charge < -0.3 is 5.32 Å². The average Bonchev–Trinajstić information content (AvgIpc) is 2.86. The molecule has 0 radical (unpaired) electrons. The molecule has 0 bridgehead atoms.